The Bertz CT molecular complexity index is 503. The van der Waals surface area contributed by atoms with Crippen LogP contribution in [0.2, 0.25) is 0 Å². The van der Waals surface area contributed by atoms with Gasteiger partial charge in [0.15, 0.2) is 0 Å². The highest BCUT2D eigenvalue weighted by Crippen LogP contribution is 2.29. The molecule has 0 aromatic heterocycles. The fourth-order valence-corrected chi connectivity index (χ4v) is 2.58. The van der Waals surface area contributed by atoms with Gasteiger partial charge in [-0.15, -0.1) is 0 Å². The molecule has 2 heteroatoms. The van der Waals surface area contributed by atoms with Crippen LogP contribution in [0.15, 0.2) is 48.5 Å². The number of benzene rings is 2. The molecular formula is C16H19NS. The molecular weight excluding hydrogens is 238 g/mol. The number of anilines is 1. The van der Waals surface area contributed by atoms with E-state index in [2.05, 4.69) is 73.8 Å². The summed E-state index contributed by atoms with van der Waals surface area (Å²) in [5.41, 5.74) is 5.21. The standard InChI is InChI=1S/C16H19NS/c1-17(2)16-7-5-4-6-15(16)14-10-8-13(9-11-14)12-18-3/h4-11H,12H2,1-3H3. The topological polar surface area (TPSA) is 3.24 Å². The van der Waals surface area contributed by atoms with Crippen molar-refractivity contribution in [1.29, 1.82) is 0 Å². The number of thioether (sulfide) groups is 1. The quantitative estimate of drug-likeness (QED) is 0.804. The first-order chi connectivity index (χ1) is 8.72. The van der Waals surface area contributed by atoms with Crippen molar-refractivity contribution in [2.24, 2.45) is 0 Å². The lowest BCUT2D eigenvalue weighted by molar-refractivity contribution is 1.13. The van der Waals surface area contributed by atoms with E-state index in [4.69, 9.17) is 0 Å². The highest BCUT2D eigenvalue weighted by Gasteiger charge is 2.05. The van der Waals surface area contributed by atoms with Gasteiger partial charge in [-0.25, -0.2) is 0 Å². The SMILES string of the molecule is CSCc1ccc(-c2ccccc2N(C)C)cc1. The van der Waals surface area contributed by atoms with Crippen LogP contribution < -0.4 is 4.90 Å². The van der Waals surface area contributed by atoms with Crippen LogP contribution in [0.3, 0.4) is 0 Å². The van der Waals surface area contributed by atoms with E-state index >= 15 is 0 Å². The van der Waals surface area contributed by atoms with Crippen LogP contribution in [0.25, 0.3) is 11.1 Å². The van der Waals surface area contributed by atoms with Crippen molar-refractivity contribution in [3.63, 3.8) is 0 Å². The van der Waals surface area contributed by atoms with E-state index in [0.717, 1.165) is 5.75 Å². The molecule has 1 nitrogen and oxygen atoms in total. The minimum absolute atomic E-state index is 1.08. The smallest absolute Gasteiger partial charge is 0.0440 e. The molecule has 2 rings (SSSR count). The van der Waals surface area contributed by atoms with E-state index < -0.39 is 0 Å². The Balaban J connectivity index is 2.36. The zero-order chi connectivity index (χ0) is 13.0. The van der Waals surface area contributed by atoms with Gasteiger partial charge in [-0.3, -0.25) is 0 Å². The maximum atomic E-state index is 2.22. The predicted octanol–water partition coefficient (Wildman–Crippen LogP) is 4.28. The summed E-state index contributed by atoms with van der Waals surface area (Å²) < 4.78 is 0. The summed E-state index contributed by atoms with van der Waals surface area (Å²) in [5.74, 6) is 1.08. The van der Waals surface area contributed by atoms with Crippen LogP contribution in [-0.2, 0) is 5.75 Å². The molecule has 0 heterocycles. The Morgan fingerprint density at radius 2 is 1.61 bits per heavy atom. The fraction of sp³-hybridized carbons (Fsp3) is 0.250. The van der Waals surface area contributed by atoms with Crippen molar-refractivity contribution < 1.29 is 0 Å². The Morgan fingerprint density at radius 3 is 2.22 bits per heavy atom. The molecule has 2 aromatic carbocycles. The first-order valence-corrected chi connectivity index (χ1v) is 7.46. The molecule has 0 aliphatic heterocycles. The van der Waals surface area contributed by atoms with Gasteiger partial charge in [-0.05, 0) is 23.4 Å². The average molecular weight is 257 g/mol. The highest BCUT2D eigenvalue weighted by molar-refractivity contribution is 7.97. The minimum Gasteiger partial charge on any atom is -0.377 e. The molecule has 18 heavy (non-hydrogen) atoms. The van der Waals surface area contributed by atoms with E-state index in [1.54, 1.807) is 0 Å². The van der Waals surface area contributed by atoms with Gasteiger partial charge in [-0.1, -0.05) is 42.5 Å². The normalized spacial score (nSPS) is 10.4. The minimum atomic E-state index is 1.08. The summed E-state index contributed by atoms with van der Waals surface area (Å²) >= 11 is 1.86. The van der Waals surface area contributed by atoms with Crippen molar-refractivity contribution in [1.82, 2.24) is 0 Å². The third-order valence-electron chi connectivity index (χ3n) is 2.96. The van der Waals surface area contributed by atoms with Crippen molar-refractivity contribution in [3.8, 4) is 11.1 Å². The fourth-order valence-electron chi connectivity index (χ4n) is 2.05. The molecule has 0 fully saturated rings. The zero-order valence-corrected chi connectivity index (χ0v) is 12.0. The first-order valence-electron chi connectivity index (χ1n) is 6.07. The molecule has 0 bridgehead atoms. The maximum absolute atomic E-state index is 2.22. The number of nitrogens with zero attached hydrogens (tertiary/aromatic N) is 1. The second-order valence-electron chi connectivity index (χ2n) is 4.54. The molecule has 0 atom stereocenters. The van der Waals surface area contributed by atoms with Crippen LogP contribution in [0, 0.1) is 0 Å². The molecule has 0 radical (unpaired) electrons. The van der Waals surface area contributed by atoms with Crippen molar-refractivity contribution in [2.75, 3.05) is 25.3 Å². The molecule has 0 N–H and O–H groups in total. The van der Waals surface area contributed by atoms with Crippen molar-refractivity contribution in [2.45, 2.75) is 5.75 Å². The second kappa shape index (κ2) is 5.96. The average Bonchev–Trinajstić information content (AvgIpc) is 2.40. The second-order valence-corrected chi connectivity index (χ2v) is 5.41. The van der Waals surface area contributed by atoms with Gasteiger partial charge >= 0.3 is 0 Å². The molecule has 0 unspecified atom stereocenters. The Hall–Kier alpha value is -1.41. The van der Waals surface area contributed by atoms with E-state index in [-0.39, 0.29) is 0 Å². The van der Waals surface area contributed by atoms with E-state index in [1.165, 1.54) is 22.4 Å². The van der Waals surface area contributed by atoms with Gasteiger partial charge in [-0.2, -0.15) is 11.8 Å². The Labute approximate surface area is 114 Å². The third kappa shape index (κ3) is 2.88. The lowest BCUT2D eigenvalue weighted by atomic mass is 10.0. The van der Waals surface area contributed by atoms with Gasteiger partial charge in [0, 0.05) is 31.1 Å². The largest absolute Gasteiger partial charge is 0.377 e. The molecule has 0 amide bonds. The van der Waals surface area contributed by atoms with Crippen molar-refractivity contribution in [3.05, 3.63) is 54.1 Å². The molecule has 2 aromatic rings. The number of hydrogen-bond acceptors (Lipinski definition) is 2. The van der Waals surface area contributed by atoms with Gasteiger partial charge < -0.3 is 4.90 Å². The number of hydrogen-bond donors (Lipinski definition) is 0. The van der Waals surface area contributed by atoms with Crippen LogP contribution in [0.1, 0.15) is 5.56 Å². The molecule has 0 aliphatic carbocycles. The molecule has 0 saturated carbocycles. The first kappa shape index (κ1) is 13.0. The van der Waals surface area contributed by atoms with Crippen LogP contribution >= 0.6 is 11.8 Å². The monoisotopic (exact) mass is 257 g/mol. The van der Waals surface area contributed by atoms with E-state index in [1.807, 2.05) is 11.8 Å². The summed E-state index contributed by atoms with van der Waals surface area (Å²) in [5, 5.41) is 0. The summed E-state index contributed by atoms with van der Waals surface area (Å²) in [6.45, 7) is 0. The lowest BCUT2D eigenvalue weighted by Gasteiger charge is -2.17. The van der Waals surface area contributed by atoms with Gasteiger partial charge in [0.1, 0.15) is 0 Å². The van der Waals surface area contributed by atoms with Crippen LogP contribution in [-0.4, -0.2) is 20.4 Å². The van der Waals surface area contributed by atoms with Crippen molar-refractivity contribution >= 4 is 17.4 Å². The third-order valence-corrected chi connectivity index (χ3v) is 3.58. The molecule has 0 saturated heterocycles. The summed E-state index contributed by atoms with van der Waals surface area (Å²) in [7, 11) is 4.17. The van der Waals surface area contributed by atoms with E-state index in [9.17, 15) is 0 Å². The number of para-hydroxylation sites is 1. The Morgan fingerprint density at radius 1 is 0.944 bits per heavy atom. The number of rotatable bonds is 4. The van der Waals surface area contributed by atoms with E-state index in [0.29, 0.717) is 0 Å². The summed E-state index contributed by atoms with van der Waals surface area (Å²) in [6.07, 6.45) is 2.13. The molecule has 94 valence electrons. The highest BCUT2D eigenvalue weighted by atomic mass is 32.2. The zero-order valence-electron chi connectivity index (χ0n) is 11.2. The van der Waals surface area contributed by atoms with Gasteiger partial charge in [0.05, 0.1) is 0 Å². The van der Waals surface area contributed by atoms with Gasteiger partial charge in [0.25, 0.3) is 0 Å². The predicted molar refractivity (Wildman–Crippen MR) is 83.4 cm³/mol. The lowest BCUT2D eigenvalue weighted by Crippen LogP contribution is -2.09. The summed E-state index contributed by atoms with van der Waals surface area (Å²) in [6, 6.07) is 17.4. The molecule has 0 aliphatic rings. The summed E-state index contributed by atoms with van der Waals surface area (Å²) in [4.78, 5) is 2.16. The molecule has 0 spiro atoms. The maximum Gasteiger partial charge on any atom is 0.0440 e. The Kier molecular flexibility index (Phi) is 4.32. The van der Waals surface area contributed by atoms with Crippen LogP contribution in [0.5, 0.6) is 0 Å². The van der Waals surface area contributed by atoms with Crippen LogP contribution in [0.4, 0.5) is 5.69 Å². The van der Waals surface area contributed by atoms with Gasteiger partial charge in [0.2, 0.25) is 0 Å².